The number of pyridine rings is 1. The van der Waals surface area contributed by atoms with Gasteiger partial charge < -0.3 is 4.74 Å². The van der Waals surface area contributed by atoms with Gasteiger partial charge in [-0.2, -0.15) is 0 Å². The van der Waals surface area contributed by atoms with Gasteiger partial charge in [-0.05, 0) is 40.2 Å². The van der Waals surface area contributed by atoms with E-state index in [9.17, 15) is 9.59 Å². The van der Waals surface area contributed by atoms with Crippen LogP contribution in [0.15, 0.2) is 52.0 Å². The Morgan fingerprint density at radius 3 is 2.87 bits per heavy atom. The molecule has 0 aliphatic carbocycles. The van der Waals surface area contributed by atoms with E-state index in [-0.39, 0.29) is 18.5 Å². The molecular formula is C15H11BrN4O3. The first-order valence-corrected chi connectivity index (χ1v) is 7.58. The third-order valence-electron chi connectivity index (χ3n) is 3.11. The summed E-state index contributed by atoms with van der Waals surface area (Å²) in [6.45, 7) is 0.0907. The van der Waals surface area contributed by atoms with Crippen molar-refractivity contribution in [3.05, 3.63) is 57.6 Å². The van der Waals surface area contributed by atoms with E-state index >= 15 is 0 Å². The molecular weight excluding hydrogens is 364 g/mol. The molecule has 3 aromatic rings. The van der Waals surface area contributed by atoms with E-state index in [1.165, 1.54) is 0 Å². The number of nitrogens with zero attached hydrogens (tertiary/aromatic N) is 4. The first-order chi connectivity index (χ1) is 11.1. The number of aromatic nitrogens is 4. The second kappa shape index (κ2) is 6.66. The van der Waals surface area contributed by atoms with Gasteiger partial charge in [0.15, 0.2) is 5.75 Å². The summed E-state index contributed by atoms with van der Waals surface area (Å²) >= 11 is 3.19. The molecule has 1 aromatic carbocycles. The molecule has 0 aliphatic rings. The normalized spacial score (nSPS) is 10.7. The highest BCUT2D eigenvalue weighted by atomic mass is 79.9. The van der Waals surface area contributed by atoms with E-state index in [0.717, 1.165) is 4.68 Å². The number of fused-ring (bicyclic) bond motifs is 1. The molecule has 7 nitrogen and oxygen atoms in total. The summed E-state index contributed by atoms with van der Waals surface area (Å²) in [5, 5.41) is 8.25. The minimum Gasteiger partial charge on any atom is -0.424 e. The van der Waals surface area contributed by atoms with Gasteiger partial charge in [0, 0.05) is 6.20 Å². The summed E-state index contributed by atoms with van der Waals surface area (Å²) < 4.78 is 6.78. The zero-order valence-electron chi connectivity index (χ0n) is 11.8. The van der Waals surface area contributed by atoms with Gasteiger partial charge in [0.25, 0.3) is 5.56 Å². The molecule has 23 heavy (non-hydrogen) atoms. The van der Waals surface area contributed by atoms with Crippen LogP contribution in [0, 0.1) is 0 Å². The molecule has 0 N–H and O–H groups in total. The Morgan fingerprint density at radius 1 is 1.22 bits per heavy atom. The lowest BCUT2D eigenvalue weighted by Gasteiger charge is -2.06. The number of hydrogen-bond acceptors (Lipinski definition) is 6. The number of benzene rings is 1. The highest BCUT2D eigenvalue weighted by molar-refractivity contribution is 9.10. The van der Waals surface area contributed by atoms with E-state index in [0.29, 0.717) is 21.3 Å². The average Bonchev–Trinajstić information content (AvgIpc) is 2.57. The fraction of sp³-hybridized carbons (Fsp3) is 0.133. The van der Waals surface area contributed by atoms with Crippen molar-refractivity contribution in [3.8, 4) is 5.75 Å². The number of hydrogen-bond donors (Lipinski definition) is 0. The van der Waals surface area contributed by atoms with Crippen LogP contribution in [0.3, 0.4) is 0 Å². The Kier molecular flexibility index (Phi) is 4.42. The van der Waals surface area contributed by atoms with Gasteiger partial charge in [-0.1, -0.05) is 17.3 Å². The zero-order valence-corrected chi connectivity index (χ0v) is 13.4. The van der Waals surface area contributed by atoms with Gasteiger partial charge in [0.1, 0.15) is 10.1 Å². The van der Waals surface area contributed by atoms with Crippen LogP contribution in [0.25, 0.3) is 10.9 Å². The van der Waals surface area contributed by atoms with E-state index in [1.807, 2.05) is 0 Å². The summed E-state index contributed by atoms with van der Waals surface area (Å²) in [6, 6.07) is 10.2. The second-order valence-corrected chi connectivity index (χ2v) is 5.40. The monoisotopic (exact) mass is 374 g/mol. The van der Waals surface area contributed by atoms with Crippen molar-refractivity contribution >= 4 is 32.8 Å². The van der Waals surface area contributed by atoms with Gasteiger partial charge in [-0.25, -0.2) is 9.67 Å². The van der Waals surface area contributed by atoms with Crippen LogP contribution in [0.1, 0.15) is 6.42 Å². The molecule has 0 saturated heterocycles. The Hall–Kier alpha value is -2.61. The lowest BCUT2D eigenvalue weighted by atomic mass is 10.2. The minimum atomic E-state index is -0.486. The van der Waals surface area contributed by atoms with E-state index in [1.54, 1.807) is 42.6 Å². The summed E-state index contributed by atoms with van der Waals surface area (Å²) in [4.78, 5) is 28.1. The molecule has 0 amide bonds. The number of esters is 1. The summed E-state index contributed by atoms with van der Waals surface area (Å²) in [7, 11) is 0. The van der Waals surface area contributed by atoms with Crippen LogP contribution >= 0.6 is 15.9 Å². The maximum Gasteiger partial charge on any atom is 0.313 e. The number of carbonyl (C=O) groups is 1. The first-order valence-electron chi connectivity index (χ1n) is 6.79. The number of ether oxygens (including phenoxy) is 1. The highest BCUT2D eigenvalue weighted by Gasteiger charge is 2.11. The fourth-order valence-corrected chi connectivity index (χ4v) is 2.32. The Balaban J connectivity index is 1.71. The van der Waals surface area contributed by atoms with Crippen molar-refractivity contribution in [3.63, 3.8) is 0 Å². The minimum absolute atomic E-state index is 0.00569. The Bertz CT molecular complexity index is 926. The van der Waals surface area contributed by atoms with Gasteiger partial charge in [0.2, 0.25) is 0 Å². The van der Waals surface area contributed by atoms with Crippen LogP contribution in [-0.2, 0) is 11.3 Å². The molecule has 2 aromatic heterocycles. The maximum absolute atomic E-state index is 12.2. The average molecular weight is 375 g/mol. The maximum atomic E-state index is 12.2. The molecule has 0 spiro atoms. The predicted octanol–water partition coefficient (Wildman–Crippen LogP) is 1.94. The topological polar surface area (TPSA) is 87.0 Å². The summed E-state index contributed by atoms with van der Waals surface area (Å²) in [6.07, 6.45) is 1.57. The quantitative estimate of drug-likeness (QED) is 0.512. The van der Waals surface area contributed by atoms with Crippen LogP contribution < -0.4 is 10.3 Å². The first kappa shape index (κ1) is 15.3. The van der Waals surface area contributed by atoms with Crippen molar-refractivity contribution in [1.29, 1.82) is 0 Å². The van der Waals surface area contributed by atoms with Crippen LogP contribution in [0.2, 0.25) is 0 Å². The van der Waals surface area contributed by atoms with E-state index in [2.05, 4.69) is 31.2 Å². The number of rotatable bonds is 4. The Morgan fingerprint density at radius 2 is 2.04 bits per heavy atom. The SMILES string of the molecule is O=C(CCn1nnc2ccccc2c1=O)Oc1cccnc1Br. The predicted molar refractivity (Wildman–Crippen MR) is 86.0 cm³/mol. The number of carbonyl (C=O) groups excluding carboxylic acids is 1. The summed E-state index contributed by atoms with van der Waals surface area (Å²) in [5.41, 5.74) is 0.238. The molecule has 0 unspecified atom stereocenters. The standard InChI is InChI=1S/C15H11BrN4O3/c16-14-12(6-3-8-17-14)23-13(21)7-9-20-15(22)10-4-1-2-5-11(10)18-19-20/h1-6,8H,7,9H2. The smallest absolute Gasteiger partial charge is 0.313 e. The highest BCUT2D eigenvalue weighted by Crippen LogP contribution is 2.21. The van der Waals surface area contributed by atoms with E-state index in [4.69, 9.17) is 4.74 Å². The molecule has 2 heterocycles. The molecule has 0 radical (unpaired) electrons. The molecule has 3 rings (SSSR count). The van der Waals surface area contributed by atoms with E-state index < -0.39 is 5.97 Å². The second-order valence-electron chi connectivity index (χ2n) is 4.65. The van der Waals surface area contributed by atoms with Crippen molar-refractivity contribution in [2.45, 2.75) is 13.0 Å². The molecule has 8 heteroatoms. The third kappa shape index (κ3) is 3.42. The molecule has 0 atom stereocenters. The molecule has 0 saturated carbocycles. The number of halogens is 1. The van der Waals surface area contributed by atoms with Crippen LogP contribution in [-0.4, -0.2) is 25.9 Å². The molecule has 0 aliphatic heterocycles. The van der Waals surface area contributed by atoms with Gasteiger partial charge in [-0.15, -0.1) is 5.10 Å². The zero-order chi connectivity index (χ0) is 16.2. The van der Waals surface area contributed by atoms with Gasteiger partial charge >= 0.3 is 5.97 Å². The largest absolute Gasteiger partial charge is 0.424 e. The third-order valence-corrected chi connectivity index (χ3v) is 3.70. The van der Waals surface area contributed by atoms with Crippen LogP contribution in [0.4, 0.5) is 0 Å². The number of aryl methyl sites for hydroxylation is 1. The Labute approximate surface area is 139 Å². The van der Waals surface area contributed by atoms with Crippen molar-refractivity contribution < 1.29 is 9.53 Å². The van der Waals surface area contributed by atoms with Gasteiger partial charge in [0.05, 0.1) is 18.4 Å². The molecule has 116 valence electrons. The van der Waals surface area contributed by atoms with Gasteiger partial charge in [-0.3, -0.25) is 9.59 Å². The van der Waals surface area contributed by atoms with Crippen molar-refractivity contribution in [2.24, 2.45) is 0 Å². The lowest BCUT2D eigenvalue weighted by Crippen LogP contribution is -2.26. The van der Waals surface area contributed by atoms with Crippen LogP contribution in [0.5, 0.6) is 5.75 Å². The fourth-order valence-electron chi connectivity index (χ4n) is 1.99. The molecule has 0 fully saturated rings. The lowest BCUT2D eigenvalue weighted by molar-refractivity contribution is -0.134. The van der Waals surface area contributed by atoms with Crippen molar-refractivity contribution in [1.82, 2.24) is 20.0 Å². The van der Waals surface area contributed by atoms with Crippen molar-refractivity contribution in [2.75, 3.05) is 0 Å². The molecule has 0 bridgehead atoms. The summed E-state index contributed by atoms with van der Waals surface area (Å²) in [5.74, 6) is -0.157.